The summed E-state index contributed by atoms with van der Waals surface area (Å²) in [5.74, 6) is -0.279. The third-order valence-corrected chi connectivity index (χ3v) is 8.39. The molecule has 2 N–H and O–H groups in total. The second-order valence-electron chi connectivity index (χ2n) is 10.6. The fourth-order valence-corrected chi connectivity index (χ4v) is 5.83. The van der Waals surface area contributed by atoms with Gasteiger partial charge in [-0.25, -0.2) is 0 Å². The van der Waals surface area contributed by atoms with Gasteiger partial charge in [0.05, 0.1) is 29.9 Å². The van der Waals surface area contributed by atoms with E-state index in [1.165, 1.54) is 7.11 Å². The van der Waals surface area contributed by atoms with Crippen molar-refractivity contribution in [1.82, 2.24) is 10.2 Å². The first-order chi connectivity index (χ1) is 21.4. The maximum atomic E-state index is 14.3. The third-order valence-electron chi connectivity index (χ3n) is 7.82. The van der Waals surface area contributed by atoms with E-state index in [0.717, 1.165) is 56.7 Å². The zero-order valence-electron chi connectivity index (χ0n) is 25.7. The van der Waals surface area contributed by atoms with Gasteiger partial charge >= 0.3 is 0 Å². The predicted octanol–water partition coefficient (Wildman–Crippen LogP) is 6.90. The lowest BCUT2D eigenvalue weighted by Gasteiger charge is -2.32. The zero-order valence-corrected chi connectivity index (χ0v) is 27.2. The average molecular weight is 642 g/mol. The lowest BCUT2D eigenvalue weighted by molar-refractivity contribution is 0.0426. The Morgan fingerprint density at radius 2 is 1.80 bits per heavy atom. The van der Waals surface area contributed by atoms with Crippen molar-refractivity contribution in [1.29, 1.82) is 0 Å². The smallest absolute Gasteiger partial charge is 0.264 e. The number of carbonyl (C=O) groups is 2. The second-order valence-corrected chi connectivity index (χ2v) is 11.5. The van der Waals surface area contributed by atoms with Crippen LogP contribution in [0.3, 0.4) is 0 Å². The number of nitrogens with one attached hydrogen (secondary N) is 2. The van der Waals surface area contributed by atoms with Crippen molar-refractivity contribution in [2.45, 2.75) is 45.8 Å². The summed E-state index contributed by atoms with van der Waals surface area (Å²) in [7, 11) is 1.50. The molecule has 3 aromatic carbocycles. The molecule has 0 aliphatic carbocycles. The summed E-state index contributed by atoms with van der Waals surface area (Å²) in [6.07, 6.45) is 2.91. The summed E-state index contributed by atoms with van der Waals surface area (Å²) < 4.78 is 12.0. The molecule has 3 aromatic rings. The molecule has 44 heavy (non-hydrogen) atoms. The van der Waals surface area contributed by atoms with Gasteiger partial charge in [0.25, 0.3) is 11.8 Å². The highest BCUT2D eigenvalue weighted by atomic mass is 35.5. The minimum absolute atomic E-state index is 0.256. The number of hydrogen-bond acceptors (Lipinski definition) is 6. The van der Waals surface area contributed by atoms with E-state index in [1.807, 2.05) is 12.1 Å². The van der Waals surface area contributed by atoms with Crippen LogP contribution >= 0.6 is 23.2 Å². The zero-order chi connectivity index (χ0) is 31.5. The third kappa shape index (κ3) is 8.73. The molecule has 1 unspecified atom stereocenters. The Balaban J connectivity index is 1.51. The second kappa shape index (κ2) is 16.8. The summed E-state index contributed by atoms with van der Waals surface area (Å²) in [5, 5.41) is 7.29. The van der Waals surface area contributed by atoms with Crippen LogP contribution in [0.15, 0.2) is 60.7 Å². The Morgan fingerprint density at radius 1 is 1.00 bits per heavy atom. The van der Waals surface area contributed by atoms with Crippen LogP contribution in [0.25, 0.3) is 0 Å². The Labute approximate surface area is 270 Å². The van der Waals surface area contributed by atoms with Crippen LogP contribution in [0, 0.1) is 0 Å². The number of ether oxygens (including phenoxy) is 2. The number of halogens is 2. The first-order valence-electron chi connectivity index (χ1n) is 15.3. The van der Waals surface area contributed by atoms with Crippen molar-refractivity contribution in [3.63, 3.8) is 0 Å². The molecule has 1 heterocycles. The van der Waals surface area contributed by atoms with E-state index < -0.39 is 6.23 Å². The molecule has 0 saturated carbocycles. The SMILES string of the molecule is CCN(CC)CCCNCCOC1CCCc2cc(Cl)ccc2N1C(=O)c1ccc(NC(=O)c2ccccc2Cl)cc1OC. The maximum absolute atomic E-state index is 14.3. The normalized spacial score (nSPS) is 14.7. The number of nitrogens with zero attached hydrogens (tertiary/aromatic N) is 2. The molecule has 0 saturated heterocycles. The minimum Gasteiger partial charge on any atom is -0.496 e. The molecule has 8 nitrogen and oxygen atoms in total. The Morgan fingerprint density at radius 3 is 2.55 bits per heavy atom. The van der Waals surface area contributed by atoms with Crippen molar-refractivity contribution in [3.8, 4) is 5.75 Å². The van der Waals surface area contributed by atoms with E-state index in [2.05, 4.69) is 29.4 Å². The number of methoxy groups -OCH3 is 1. The molecule has 10 heteroatoms. The number of fused-ring (bicyclic) bond motifs is 1. The molecule has 1 aliphatic rings. The summed E-state index contributed by atoms with van der Waals surface area (Å²) in [6, 6.07) is 17.4. The molecular weight excluding hydrogens is 599 g/mol. The number of carbonyl (C=O) groups excluding carboxylic acids is 2. The predicted molar refractivity (Wildman–Crippen MR) is 179 cm³/mol. The fourth-order valence-electron chi connectivity index (χ4n) is 5.42. The van der Waals surface area contributed by atoms with Gasteiger partial charge in [-0.05, 0) is 99.9 Å². The van der Waals surface area contributed by atoms with Crippen LogP contribution in [0.2, 0.25) is 10.0 Å². The summed E-state index contributed by atoms with van der Waals surface area (Å²) in [4.78, 5) is 31.3. The molecule has 236 valence electrons. The van der Waals surface area contributed by atoms with Gasteiger partial charge in [-0.1, -0.05) is 49.2 Å². The Bertz CT molecular complexity index is 1420. The van der Waals surface area contributed by atoms with Crippen molar-refractivity contribution >= 4 is 46.4 Å². The number of aryl methyl sites for hydroxylation is 1. The van der Waals surface area contributed by atoms with Crippen LogP contribution in [0.1, 0.15) is 59.4 Å². The van der Waals surface area contributed by atoms with Gasteiger partial charge in [-0.3, -0.25) is 14.5 Å². The van der Waals surface area contributed by atoms with Crippen LogP contribution < -0.4 is 20.3 Å². The molecule has 1 aliphatic heterocycles. The van der Waals surface area contributed by atoms with Crippen molar-refractivity contribution in [3.05, 3.63) is 87.4 Å². The maximum Gasteiger partial charge on any atom is 0.264 e. The first-order valence-corrected chi connectivity index (χ1v) is 16.0. The van der Waals surface area contributed by atoms with Gasteiger partial charge < -0.3 is 25.0 Å². The van der Waals surface area contributed by atoms with Gasteiger partial charge in [0.15, 0.2) is 0 Å². The summed E-state index contributed by atoms with van der Waals surface area (Å²) >= 11 is 12.5. The van der Waals surface area contributed by atoms with E-state index in [1.54, 1.807) is 53.4 Å². The number of anilines is 2. The van der Waals surface area contributed by atoms with Crippen molar-refractivity contribution < 1.29 is 19.1 Å². The van der Waals surface area contributed by atoms with Crippen molar-refractivity contribution in [2.24, 2.45) is 0 Å². The minimum atomic E-state index is -0.466. The Hall–Kier alpha value is -3.14. The standard InChI is InChI=1S/C34H42Cl2N4O4/c1-4-39(5-2)20-9-18-37-19-21-44-32-13-8-10-24-22-25(35)14-17-30(24)40(32)34(42)28-16-15-26(23-31(28)43-3)38-33(41)27-11-6-7-12-29(27)36/h6-7,11-12,14-17,22-23,32,37H,4-5,8-10,13,18-21H2,1-3H3,(H,38,41). The number of rotatable bonds is 14. The summed E-state index contributed by atoms with van der Waals surface area (Å²) in [5.41, 5.74) is 2.95. The van der Waals surface area contributed by atoms with Crippen LogP contribution in [-0.2, 0) is 11.2 Å². The molecule has 0 radical (unpaired) electrons. The van der Waals surface area contributed by atoms with E-state index in [-0.39, 0.29) is 11.8 Å². The lowest BCUT2D eigenvalue weighted by atomic mass is 10.1. The quantitative estimate of drug-likeness (QED) is 0.187. The van der Waals surface area contributed by atoms with Gasteiger partial charge in [0.2, 0.25) is 0 Å². The van der Waals surface area contributed by atoms with Gasteiger partial charge in [-0.2, -0.15) is 0 Å². The molecule has 4 rings (SSSR count). The molecular formula is C34H42Cl2N4O4. The molecule has 0 spiro atoms. The first kappa shape index (κ1) is 33.7. The molecule has 2 amide bonds. The van der Waals surface area contributed by atoms with Crippen LogP contribution in [0.4, 0.5) is 11.4 Å². The Kier molecular flexibility index (Phi) is 12.9. The highest BCUT2D eigenvalue weighted by Gasteiger charge is 2.32. The van der Waals surface area contributed by atoms with E-state index in [4.69, 9.17) is 32.7 Å². The lowest BCUT2D eigenvalue weighted by Crippen LogP contribution is -2.43. The van der Waals surface area contributed by atoms with E-state index >= 15 is 0 Å². The number of amides is 2. The van der Waals surface area contributed by atoms with E-state index in [0.29, 0.717) is 52.2 Å². The molecule has 0 fully saturated rings. The number of benzene rings is 3. The molecule has 0 aromatic heterocycles. The fraction of sp³-hybridized carbons (Fsp3) is 0.412. The average Bonchev–Trinajstić information content (AvgIpc) is 3.20. The van der Waals surface area contributed by atoms with Crippen molar-refractivity contribution in [2.75, 3.05) is 56.7 Å². The van der Waals surface area contributed by atoms with E-state index in [9.17, 15) is 9.59 Å². The summed E-state index contributed by atoms with van der Waals surface area (Å²) in [6.45, 7) is 9.60. The largest absolute Gasteiger partial charge is 0.496 e. The van der Waals surface area contributed by atoms with Gasteiger partial charge in [-0.15, -0.1) is 0 Å². The van der Waals surface area contributed by atoms with Crippen LogP contribution in [0.5, 0.6) is 5.75 Å². The molecule has 0 bridgehead atoms. The highest BCUT2D eigenvalue weighted by molar-refractivity contribution is 6.34. The number of hydrogen-bond donors (Lipinski definition) is 2. The van der Waals surface area contributed by atoms with Crippen LogP contribution in [-0.4, -0.2) is 69.4 Å². The topological polar surface area (TPSA) is 83.1 Å². The highest BCUT2D eigenvalue weighted by Crippen LogP contribution is 2.35. The molecule has 1 atom stereocenters. The van der Waals surface area contributed by atoms with Gasteiger partial charge in [0, 0.05) is 29.0 Å². The monoisotopic (exact) mass is 640 g/mol. The van der Waals surface area contributed by atoms with Gasteiger partial charge in [0.1, 0.15) is 12.0 Å².